The Bertz CT molecular complexity index is 1220. The summed E-state index contributed by atoms with van der Waals surface area (Å²) >= 11 is 6.01. The highest BCUT2D eigenvalue weighted by molar-refractivity contribution is 7.88. The smallest absolute Gasteiger partial charge is 0.243 e. The van der Waals surface area contributed by atoms with E-state index in [2.05, 4.69) is 5.32 Å². The van der Waals surface area contributed by atoms with Crippen LogP contribution in [0.3, 0.4) is 0 Å². The van der Waals surface area contributed by atoms with Gasteiger partial charge in [0.05, 0.1) is 25.6 Å². The molecule has 35 heavy (non-hydrogen) atoms. The largest absolute Gasteiger partial charge is 0.467 e. The minimum absolute atomic E-state index is 0.0965. The molecule has 1 unspecified atom stereocenters. The van der Waals surface area contributed by atoms with Gasteiger partial charge in [-0.3, -0.25) is 9.59 Å². The van der Waals surface area contributed by atoms with Crippen molar-refractivity contribution in [2.24, 2.45) is 0 Å². The molecule has 0 saturated carbocycles. The van der Waals surface area contributed by atoms with Crippen LogP contribution in [-0.4, -0.2) is 55.3 Å². The molecular weight excluding hydrogens is 490 g/mol. The fraction of sp³-hybridized carbons (Fsp3) is 0.280. The zero-order valence-electron chi connectivity index (χ0n) is 19.6. The van der Waals surface area contributed by atoms with Crippen molar-refractivity contribution in [1.29, 1.82) is 0 Å². The molecule has 0 aliphatic heterocycles. The van der Waals surface area contributed by atoms with Crippen LogP contribution in [0.15, 0.2) is 77.4 Å². The maximum absolute atomic E-state index is 13.4. The molecule has 0 aliphatic carbocycles. The zero-order chi connectivity index (χ0) is 25.4. The van der Waals surface area contributed by atoms with Crippen LogP contribution in [0.1, 0.15) is 16.9 Å². The average molecular weight is 518 g/mol. The predicted molar refractivity (Wildman–Crippen MR) is 134 cm³/mol. The lowest BCUT2D eigenvalue weighted by molar-refractivity contribution is -0.141. The summed E-state index contributed by atoms with van der Waals surface area (Å²) in [6.45, 7) is -0.147. The molecule has 1 heterocycles. The summed E-state index contributed by atoms with van der Waals surface area (Å²) in [5.74, 6) is -0.305. The van der Waals surface area contributed by atoms with Crippen LogP contribution in [-0.2, 0) is 39.1 Å². The number of carbonyl (C=O) groups is 2. The lowest BCUT2D eigenvalue weighted by Crippen LogP contribution is -2.52. The minimum Gasteiger partial charge on any atom is -0.467 e. The highest BCUT2D eigenvalue weighted by atomic mass is 35.5. The lowest BCUT2D eigenvalue weighted by atomic mass is 10.0. The average Bonchev–Trinajstić information content (AvgIpc) is 3.34. The highest BCUT2D eigenvalue weighted by Crippen LogP contribution is 2.17. The number of nitrogens with one attached hydrogen (secondary N) is 1. The SMILES string of the molecule is CN(CC(=O)N(Cc1ccc(Cl)cc1)C(Cc1ccccc1)C(=O)NCc1ccco1)S(C)(=O)=O. The molecule has 0 aliphatic rings. The van der Waals surface area contributed by atoms with Crippen LogP contribution in [0.5, 0.6) is 0 Å². The van der Waals surface area contributed by atoms with Gasteiger partial charge in [0.15, 0.2) is 0 Å². The summed E-state index contributed by atoms with van der Waals surface area (Å²) in [5.41, 5.74) is 1.61. The summed E-state index contributed by atoms with van der Waals surface area (Å²) in [5, 5.41) is 3.38. The molecule has 1 N–H and O–H groups in total. The van der Waals surface area contributed by atoms with Gasteiger partial charge in [0, 0.05) is 25.0 Å². The van der Waals surface area contributed by atoms with Gasteiger partial charge in [0.2, 0.25) is 21.8 Å². The Labute approximate surface area is 210 Å². The van der Waals surface area contributed by atoms with E-state index in [0.717, 1.165) is 21.7 Å². The van der Waals surface area contributed by atoms with Crippen LogP contribution in [0.2, 0.25) is 5.02 Å². The molecule has 0 spiro atoms. The molecule has 0 saturated heterocycles. The fourth-order valence-corrected chi connectivity index (χ4v) is 3.92. The van der Waals surface area contributed by atoms with Crippen molar-refractivity contribution in [3.8, 4) is 0 Å². The number of amides is 2. The van der Waals surface area contributed by atoms with Crippen LogP contribution in [0.4, 0.5) is 0 Å². The van der Waals surface area contributed by atoms with E-state index in [0.29, 0.717) is 10.8 Å². The number of rotatable bonds is 11. The number of nitrogens with zero attached hydrogens (tertiary/aromatic N) is 2. The zero-order valence-corrected chi connectivity index (χ0v) is 21.1. The normalized spacial score (nSPS) is 12.3. The van der Waals surface area contributed by atoms with Crippen molar-refractivity contribution >= 4 is 33.4 Å². The standard InChI is InChI=1S/C25H28ClN3O5S/c1-28(35(2,32)33)18-24(30)29(17-20-10-12-21(26)13-11-20)23(15-19-7-4-3-5-8-19)25(31)27-16-22-9-6-14-34-22/h3-14,23H,15-18H2,1-2H3,(H,27,31). The van der Waals surface area contributed by atoms with Gasteiger partial charge in [0.1, 0.15) is 11.8 Å². The molecule has 1 atom stereocenters. The molecule has 0 fully saturated rings. The number of sulfonamides is 1. The first kappa shape index (κ1) is 26.5. The number of likely N-dealkylation sites (N-methyl/N-ethyl adjacent to an activating group) is 1. The second-order valence-corrected chi connectivity index (χ2v) is 10.7. The van der Waals surface area contributed by atoms with E-state index in [1.807, 2.05) is 30.3 Å². The lowest BCUT2D eigenvalue weighted by Gasteiger charge is -2.32. The van der Waals surface area contributed by atoms with E-state index >= 15 is 0 Å². The maximum atomic E-state index is 13.4. The van der Waals surface area contributed by atoms with E-state index in [-0.39, 0.29) is 25.4 Å². The molecule has 186 valence electrons. The van der Waals surface area contributed by atoms with Crippen LogP contribution in [0, 0.1) is 0 Å². The van der Waals surface area contributed by atoms with E-state index in [9.17, 15) is 18.0 Å². The Morgan fingerprint density at radius 1 is 1.00 bits per heavy atom. The van der Waals surface area contributed by atoms with Gasteiger partial charge >= 0.3 is 0 Å². The Morgan fingerprint density at radius 2 is 1.69 bits per heavy atom. The summed E-state index contributed by atoms with van der Waals surface area (Å²) in [4.78, 5) is 28.3. The minimum atomic E-state index is -3.60. The number of benzene rings is 2. The van der Waals surface area contributed by atoms with Crippen molar-refractivity contribution in [3.63, 3.8) is 0 Å². The molecule has 3 rings (SSSR count). The first-order chi connectivity index (χ1) is 16.6. The predicted octanol–water partition coefficient (Wildman–Crippen LogP) is 3.08. The number of hydrogen-bond acceptors (Lipinski definition) is 5. The molecule has 1 aromatic heterocycles. The van der Waals surface area contributed by atoms with Gasteiger partial charge in [-0.2, -0.15) is 4.31 Å². The van der Waals surface area contributed by atoms with Gasteiger partial charge in [-0.05, 0) is 35.4 Å². The third-order valence-electron chi connectivity index (χ3n) is 5.48. The number of carbonyl (C=O) groups excluding carboxylic acids is 2. The van der Waals surface area contributed by atoms with Gasteiger partial charge in [-0.15, -0.1) is 0 Å². The first-order valence-corrected chi connectivity index (χ1v) is 13.2. The van der Waals surface area contributed by atoms with E-state index in [1.54, 1.807) is 36.4 Å². The van der Waals surface area contributed by atoms with Gasteiger partial charge in [-0.25, -0.2) is 8.42 Å². The van der Waals surface area contributed by atoms with Gasteiger partial charge < -0.3 is 14.6 Å². The molecule has 0 bridgehead atoms. The third kappa shape index (κ3) is 7.95. The highest BCUT2D eigenvalue weighted by Gasteiger charge is 2.32. The number of halogens is 1. The van der Waals surface area contributed by atoms with Crippen LogP contribution in [0.25, 0.3) is 0 Å². The van der Waals surface area contributed by atoms with Crippen molar-refractivity contribution < 1.29 is 22.4 Å². The molecule has 3 aromatic rings. The van der Waals surface area contributed by atoms with Crippen molar-refractivity contribution in [2.75, 3.05) is 19.8 Å². The van der Waals surface area contributed by atoms with Crippen molar-refractivity contribution in [3.05, 3.63) is 94.9 Å². The summed E-state index contributed by atoms with van der Waals surface area (Å²) < 4.78 is 30.2. The monoisotopic (exact) mass is 517 g/mol. The molecule has 10 heteroatoms. The van der Waals surface area contributed by atoms with Crippen molar-refractivity contribution in [1.82, 2.24) is 14.5 Å². The van der Waals surface area contributed by atoms with Crippen LogP contribution >= 0.6 is 11.6 Å². The molecular formula is C25H28ClN3O5S. The first-order valence-electron chi connectivity index (χ1n) is 10.9. The topological polar surface area (TPSA) is 99.9 Å². The van der Waals surface area contributed by atoms with Crippen molar-refractivity contribution in [2.45, 2.75) is 25.6 Å². The summed E-state index contributed by atoms with van der Waals surface area (Å²) in [7, 11) is -2.27. The Hall–Kier alpha value is -3.14. The third-order valence-corrected chi connectivity index (χ3v) is 6.99. The quantitative estimate of drug-likeness (QED) is 0.421. The second-order valence-electron chi connectivity index (χ2n) is 8.17. The fourth-order valence-electron chi connectivity index (χ4n) is 3.44. The molecule has 2 aromatic carbocycles. The van der Waals surface area contributed by atoms with E-state index < -0.39 is 28.5 Å². The Balaban J connectivity index is 1.93. The number of hydrogen-bond donors (Lipinski definition) is 1. The summed E-state index contributed by atoms with van der Waals surface area (Å²) in [6, 6.07) is 18.8. The van der Waals surface area contributed by atoms with Crippen LogP contribution < -0.4 is 5.32 Å². The maximum Gasteiger partial charge on any atom is 0.243 e. The number of furan rings is 1. The van der Waals surface area contributed by atoms with E-state index in [4.69, 9.17) is 16.0 Å². The summed E-state index contributed by atoms with van der Waals surface area (Å²) in [6.07, 6.45) is 2.79. The molecule has 8 nitrogen and oxygen atoms in total. The van der Waals surface area contributed by atoms with Gasteiger partial charge in [-0.1, -0.05) is 54.1 Å². The molecule has 2 amide bonds. The Morgan fingerprint density at radius 3 is 2.29 bits per heavy atom. The van der Waals surface area contributed by atoms with E-state index in [1.165, 1.54) is 18.2 Å². The Kier molecular flexibility index (Phi) is 9.08. The molecule has 0 radical (unpaired) electrons. The second kappa shape index (κ2) is 12.0. The van der Waals surface area contributed by atoms with Gasteiger partial charge in [0.25, 0.3) is 0 Å².